The molecule has 5 rings (SSSR count). The largest absolute Gasteiger partial charge is 0.392 e. The summed E-state index contributed by atoms with van der Waals surface area (Å²) in [7, 11) is 0. The number of nitrogens with two attached hydrogens (primary N) is 1. The minimum absolute atomic E-state index is 0.181. The topological polar surface area (TPSA) is 94.4 Å². The van der Waals surface area contributed by atoms with Crippen LogP contribution in [0.5, 0.6) is 0 Å². The van der Waals surface area contributed by atoms with Gasteiger partial charge in [0.15, 0.2) is 0 Å². The summed E-state index contributed by atoms with van der Waals surface area (Å²) in [6, 6.07) is 8.79. The smallest absolute Gasteiger partial charge is 0.239 e. The van der Waals surface area contributed by atoms with Gasteiger partial charge in [0.05, 0.1) is 18.1 Å². The summed E-state index contributed by atoms with van der Waals surface area (Å²) >= 11 is 0. The number of nitrogens with one attached hydrogen (secondary N) is 2. The number of aliphatic hydroxyl groups is 1. The number of hydrogen-bond acceptors (Lipinski definition) is 4. The second kappa shape index (κ2) is 6.08. The van der Waals surface area contributed by atoms with Crippen molar-refractivity contribution < 1.29 is 9.90 Å². The van der Waals surface area contributed by atoms with Crippen molar-refractivity contribution in [2.75, 3.05) is 13.1 Å². The number of carbonyl (C=O) groups is 1. The van der Waals surface area contributed by atoms with Crippen molar-refractivity contribution in [2.24, 2.45) is 23.6 Å². The number of carbonyl (C=O) groups excluding carboxylic acids is 1. The molecule has 3 aliphatic rings. The molecule has 2 fully saturated rings. The van der Waals surface area contributed by atoms with E-state index in [1.165, 1.54) is 22.2 Å². The van der Waals surface area contributed by atoms with E-state index in [2.05, 4.69) is 39.6 Å². The van der Waals surface area contributed by atoms with E-state index in [9.17, 15) is 9.90 Å². The van der Waals surface area contributed by atoms with Crippen LogP contribution in [0.4, 0.5) is 0 Å². The fraction of sp³-hybridized carbons (Fsp3) is 0.550. The number of piperidine rings is 1. The normalized spacial score (nSPS) is 34.0. The molecule has 0 bridgehead atoms. The van der Waals surface area contributed by atoms with E-state index in [1.54, 1.807) is 0 Å². The number of benzene rings is 1. The van der Waals surface area contributed by atoms with E-state index in [-0.39, 0.29) is 11.8 Å². The highest BCUT2D eigenvalue weighted by molar-refractivity contribution is 5.85. The molecular formula is C20H26N4O2. The second-order valence-electron chi connectivity index (χ2n) is 8.16. The summed E-state index contributed by atoms with van der Waals surface area (Å²) in [4.78, 5) is 18.6. The number of H-pyrrole nitrogens is 1. The van der Waals surface area contributed by atoms with E-state index >= 15 is 0 Å². The number of aromatic amines is 1. The lowest BCUT2D eigenvalue weighted by Gasteiger charge is -2.51. The van der Waals surface area contributed by atoms with Gasteiger partial charge in [-0.05, 0) is 49.1 Å². The maximum atomic E-state index is 12.4. The van der Waals surface area contributed by atoms with E-state index in [0.717, 1.165) is 32.4 Å². The summed E-state index contributed by atoms with van der Waals surface area (Å²) in [5, 5.41) is 11.8. The van der Waals surface area contributed by atoms with Gasteiger partial charge in [0.25, 0.3) is 0 Å². The molecule has 6 heteroatoms. The Bertz CT molecular complexity index is 847. The number of amides is 1. The number of nitrogens with zero attached hydrogens (tertiary/aromatic N) is 1. The van der Waals surface area contributed by atoms with Crippen molar-refractivity contribution >= 4 is 16.8 Å². The molecule has 0 radical (unpaired) electrons. The molecule has 0 unspecified atom stereocenters. The Labute approximate surface area is 152 Å². The number of rotatable bonds is 1. The van der Waals surface area contributed by atoms with Crippen LogP contribution in [0.1, 0.15) is 36.6 Å². The molecule has 2 aromatic rings. The zero-order valence-electron chi connectivity index (χ0n) is 14.8. The lowest BCUT2D eigenvalue weighted by molar-refractivity contribution is -0.139. The third-order valence-corrected chi connectivity index (χ3v) is 6.99. The van der Waals surface area contributed by atoms with Crippen LogP contribution in [0.15, 0.2) is 24.3 Å². The molecule has 2 aliphatic heterocycles. The molecule has 1 amide bonds. The molecule has 1 aromatic carbocycles. The van der Waals surface area contributed by atoms with Crippen LogP contribution >= 0.6 is 0 Å². The zero-order chi connectivity index (χ0) is 17.8. The molecule has 1 aromatic heterocycles. The quantitative estimate of drug-likeness (QED) is 0.354. The first-order valence-corrected chi connectivity index (χ1v) is 9.69. The standard InChI is InChI=1S/C20H26N4O2/c21-23-20(26)18-14-9-16-19-13(12-3-1-2-4-15(12)22-19)7-8-24(16)10-11(14)5-6-17(18)25/h1-4,11,14,16-18,22,25H,5-10,21H2,(H,23,26)/t11-,14-,16+,17-,18+/m0/s1. The lowest BCUT2D eigenvalue weighted by atomic mass is 9.64. The van der Waals surface area contributed by atoms with Gasteiger partial charge in [-0.25, -0.2) is 5.84 Å². The van der Waals surface area contributed by atoms with Gasteiger partial charge in [0.2, 0.25) is 5.91 Å². The molecule has 1 aliphatic carbocycles. The van der Waals surface area contributed by atoms with Crippen LogP contribution in [-0.2, 0) is 11.2 Å². The molecule has 5 N–H and O–H groups in total. The lowest BCUT2D eigenvalue weighted by Crippen LogP contribution is -2.55. The van der Waals surface area contributed by atoms with Gasteiger partial charge in [-0.1, -0.05) is 18.2 Å². The predicted molar refractivity (Wildman–Crippen MR) is 99.0 cm³/mol. The Morgan fingerprint density at radius 1 is 1.31 bits per heavy atom. The van der Waals surface area contributed by atoms with Gasteiger partial charge in [0.1, 0.15) is 0 Å². The first-order valence-electron chi connectivity index (χ1n) is 9.69. The van der Waals surface area contributed by atoms with Gasteiger partial charge in [-0.2, -0.15) is 0 Å². The molecule has 5 atom stereocenters. The van der Waals surface area contributed by atoms with Crippen molar-refractivity contribution in [1.82, 2.24) is 15.3 Å². The number of hydrazine groups is 1. The summed E-state index contributed by atoms with van der Waals surface area (Å²) in [6.45, 7) is 2.07. The van der Waals surface area contributed by atoms with Gasteiger partial charge in [-0.3, -0.25) is 15.1 Å². The summed E-state index contributed by atoms with van der Waals surface area (Å²) in [5.74, 6) is 5.45. The number of aliphatic hydroxyl groups excluding tert-OH is 1. The summed E-state index contributed by atoms with van der Waals surface area (Å²) in [6.07, 6.45) is 3.07. The monoisotopic (exact) mass is 354 g/mol. The van der Waals surface area contributed by atoms with Crippen LogP contribution in [0.2, 0.25) is 0 Å². The van der Waals surface area contributed by atoms with Gasteiger partial charge in [-0.15, -0.1) is 0 Å². The Balaban J connectivity index is 1.52. The van der Waals surface area contributed by atoms with Gasteiger partial charge in [0, 0.05) is 29.7 Å². The Morgan fingerprint density at radius 3 is 3.00 bits per heavy atom. The molecule has 1 saturated carbocycles. The molecular weight excluding hydrogens is 328 g/mol. The first-order chi connectivity index (χ1) is 12.7. The summed E-state index contributed by atoms with van der Waals surface area (Å²) in [5.41, 5.74) is 6.22. The molecule has 3 heterocycles. The Kier molecular flexibility index (Phi) is 3.81. The molecule has 6 nitrogen and oxygen atoms in total. The van der Waals surface area contributed by atoms with Gasteiger partial charge < -0.3 is 10.1 Å². The minimum atomic E-state index is -0.586. The molecule has 0 spiro atoms. The number of aromatic nitrogens is 1. The predicted octanol–water partition coefficient (Wildman–Crippen LogP) is 1.46. The SMILES string of the molecule is NNC(=O)[C@@H]1[C@H]2C[C@@H]3c4[nH]c5ccccc5c4CCN3C[C@@H]2CC[C@@H]1O. The highest BCUT2D eigenvalue weighted by Gasteiger charge is 2.48. The minimum Gasteiger partial charge on any atom is -0.392 e. The molecule has 138 valence electrons. The third kappa shape index (κ3) is 2.32. The average molecular weight is 354 g/mol. The Morgan fingerprint density at radius 2 is 2.15 bits per heavy atom. The van der Waals surface area contributed by atoms with Crippen molar-refractivity contribution in [1.29, 1.82) is 0 Å². The zero-order valence-corrected chi connectivity index (χ0v) is 14.8. The fourth-order valence-electron chi connectivity index (χ4n) is 5.80. The highest BCUT2D eigenvalue weighted by Crippen LogP contribution is 2.49. The number of hydrogen-bond donors (Lipinski definition) is 4. The molecule has 26 heavy (non-hydrogen) atoms. The maximum absolute atomic E-state index is 12.4. The molecule has 1 saturated heterocycles. The van der Waals surface area contributed by atoms with E-state index in [1.807, 2.05) is 0 Å². The van der Waals surface area contributed by atoms with Crippen LogP contribution in [0, 0.1) is 17.8 Å². The fourth-order valence-corrected chi connectivity index (χ4v) is 5.80. The van der Waals surface area contributed by atoms with Crippen LogP contribution in [0.25, 0.3) is 10.9 Å². The Hall–Kier alpha value is -1.89. The van der Waals surface area contributed by atoms with Crippen LogP contribution in [0.3, 0.4) is 0 Å². The van der Waals surface area contributed by atoms with E-state index < -0.39 is 12.0 Å². The second-order valence-corrected chi connectivity index (χ2v) is 8.16. The van der Waals surface area contributed by atoms with Crippen LogP contribution in [-0.4, -0.2) is 40.1 Å². The van der Waals surface area contributed by atoms with Gasteiger partial charge >= 0.3 is 0 Å². The van der Waals surface area contributed by atoms with E-state index in [4.69, 9.17) is 5.84 Å². The third-order valence-electron chi connectivity index (χ3n) is 6.99. The first kappa shape index (κ1) is 16.3. The van der Waals surface area contributed by atoms with Crippen LogP contribution < -0.4 is 11.3 Å². The van der Waals surface area contributed by atoms with E-state index in [0.29, 0.717) is 18.4 Å². The average Bonchev–Trinajstić information content (AvgIpc) is 3.05. The maximum Gasteiger partial charge on any atom is 0.239 e. The van der Waals surface area contributed by atoms with Crippen molar-refractivity contribution in [3.63, 3.8) is 0 Å². The number of para-hydroxylation sites is 1. The highest BCUT2D eigenvalue weighted by atomic mass is 16.3. The number of fused-ring (bicyclic) bond motifs is 6. The summed E-state index contributed by atoms with van der Waals surface area (Å²) < 4.78 is 0. The van der Waals surface area contributed by atoms with Crippen molar-refractivity contribution in [3.8, 4) is 0 Å². The van der Waals surface area contributed by atoms with Crippen molar-refractivity contribution in [2.45, 2.75) is 37.8 Å². The van der Waals surface area contributed by atoms with Crippen molar-refractivity contribution in [3.05, 3.63) is 35.5 Å².